The van der Waals surface area contributed by atoms with Gasteiger partial charge >= 0.3 is 6.18 Å². The fraction of sp³-hybridized carbons (Fsp3) is 0.414. The van der Waals surface area contributed by atoms with Gasteiger partial charge in [-0.25, -0.2) is 14.4 Å². The van der Waals surface area contributed by atoms with E-state index in [9.17, 15) is 22.4 Å². The summed E-state index contributed by atoms with van der Waals surface area (Å²) in [6.07, 6.45) is 0.468. The summed E-state index contributed by atoms with van der Waals surface area (Å²) in [7, 11) is 1.56. The van der Waals surface area contributed by atoms with Crippen LogP contribution in [0, 0.1) is 11.2 Å². The number of halogens is 4. The number of alkyl halides is 3. The molecule has 1 amide bonds. The van der Waals surface area contributed by atoms with E-state index in [2.05, 4.69) is 32.5 Å². The van der Waals surface area contributed by atoms with Gasteiger partial charge in [0.05, 0.1) is 33.3 Å². The lowest BCUT2D eigenvalue weighted by molar-refractivity contribution is -0.165. The van der Waals surface area contributed by atoms with Crippen LogP contribution in [-0.4, -0.2) is 57.3 Å². The molecule has 0 unspecified atom stereocenters. The van der Waals surface area contributed by atoms with E-state index in [1.807, 2.05) is 10.9 Å². The van der Waals surface area contributed by atoms with Crippen molar-refractivity contribution in [3.8, 4) is 17.0 Å². The van der Waals surface area contributed by atoms with Crippen molar-refractivity contribution in [3.63, 3.8) is 0 Å². The van der Waals surface area contributed by atoms with Crippen LogP contribution < -0.4 is 10.1 Å². The second-order valence-electron chi connectivity index (χ2n) is 11.4. The maximum atomic E-state index is 14.9. The van der Waals surface area contributed by atoms with E-state index in [1.54, 1.807) is 25.6 Å². The predicted molar refractivity (Wildman–Crippen MR) is 144 cm³/mol. The highest BCUT2D eigenvalue weighted by Gasteiger charge is 2.67. The number of methoxy groups -OCH3 is 1. The van der Waals surface area contributed by atoms with Gasteiger partial charge in [-0.15, -0.1) is 5.10 Å². The summed E-state index contributed by atoms with van der Waals surface area (Å²) in [5.74, 6) is -0.749. The number of ether oxygens (including phenoxy) is 2. The third-order valence-electron chi connectivity index (χ3n) is 7.77. The Labute approximate surface area is 243 Å². The lowest BCUT2D eigenvalue weighted by Gasteiger charge is -2.37. The van der Waals surface area contributed by atoms with Gasteiger partial charge in [-0.05, 0) is 30.0 Å². The lowest BCUT2D eigenvalue weighted by Crippen LogP contribution is -2.43. The molecule has 2 aliphatic rings. The molecular weight excluding hydrogens is 572 g/mol. The van der Waals surface area contributed by atoms with Gasteiger partial charge in [-0.1, -0.05) is 24.2 Å². The van der Waals surface area contributed by atoms with Crippen molar-refractivity contribution in [3.05, 3.63) is 71.4 Å². The van der Waals surface area contributed by atoms with Gasteiger partial charge in [0.1, 0.15) is 17.1 Å². The zero-order valence-electron chi connectivity index (χ0n) is 23.4. The number of hydrogen-bond donors (Lipinski definition) is 1. The predicted octanol–water partition coefficient (Wildman–Crippen LogP) is 4.88. The summed E-state index contributed by atoms with van der Waals surface area (Å²) in [6, 6.07) is 5.43. The van der Waals surface area contributed by atoms with E-state index >= 15 is 0 Å². The quantitative estimate of drug-likeness (QED) is 0.256. The first-order valence-electron chi connectivity index (χ1n) is 13.6. The van der Waals surface area contributed by atoms with Crippen LogP contribution in [0.5, 0.6) is 5.88 Å². The first-order valence-corrected chi connectivity index (χ1v) is 13.6. The van der Waals surface area contributed by atoms with Crippen LogP contribution in [0.4, 0.5) is 23.4 Å². The van der Waals surface area contributed by atoms with Crippen LogP contribution >= 0.6 is 0 Å². The molecule has 1 N–H and O–H groups in total. The van der Waals surface area contributed by atoms with Gasteiger partial charge in [0.2, 0.25) is 11.8 Å². The number of carbonyl (C=O) groups is 1. The molecule has 1 aliphatic carbocycles. The van der Waals surface area contributed by atoms with E-state index < -0.39 is 23.3 Å². The maximum absolute atomic E-state index is 14.9. The van der Waals surface area contributed by atoms with Crippen molar-refractivity contribution in [1.29, 1.82) is 0 Å². The SMILES string of the molecule is COc1nn(CC2(C)COC2)cc1Cc1ncc(-c2ccc(CC(=O)Nc3cc(C4(C(F)(F)F)CC4)on3)c(F)c2)cn1. The highest BCUT2D eigenvalue weighted by atomic mass is 19.4. The molecule has 10 nitrogen and oxygen atoms in total. The fourth-order valence-electron chi connectivity index (χ4n) is 5.10. The summed E-state index contributed by atoms with van der Waals surface area (Å²) in [5.41, 5.74) is 0.0178. The number of benzene rings is 1. The van der Waals surface area contributed by atoms with Gasteiger partial charge in [-0.2, -0.15) is 13.2 Å². The van der Waals surface area contributed by atoms with Crippen LogP contribution in [0.25, 0.3) is 11.1 Å². The first-order chi connectivity index (χ1) is 20.5. The Hall–Kier alpha value is -4.33. The van der Waals surface area contributed by atoms with E-state index in [0.717, 1.165) is 11.6 Å². The summed E-state index contributed by atoms with van der Waals surface area (Å²) in [4.78, 5) is 21.3. The van der Waals surface area contributed by atoms with E-state index in [-0.39, 0.29) is 41.8 Å². The molecule has 226 valence electrons. The molecule has 3 aromatic heterocycles. The molecule has 43 heavy (non-hydrogen) atoms. The average Bonchev–Trinajstić information content (AvgIpc) is 3.51. The molecule has 4 heterocycles. The van der Waals surface area contributed by atoms with Crippen LogP contribution in [0.3, 0.4) is 0 Å². The van der Waals surface area contributed by atoms with Crippen LogP contribution in [0.1, 0.15) is 42.5 Å². The number of rotatable bonds is 10. The second kappa shape index (κ2) is 10.7. The minimum Gasteiger partial charge on any atom is -0.480 e. The van der Waals surface area contributed by atoms with E-state index in [0.29, 0.717) is 49.0 Å². The minimum absolute atomic E-state index is 0.0430. The molecule has 1 aliphatic heterocycles. The summed E-state index contributed by atoms with van der Waals surface area (Å²) >= 11 is 0. The highest BCUT2D eigenvalue weighted by molar-refractivity contribution is 5.91. The first kappa shape index (κ1) is 28.8. The summed E-state index contributed by atoms with van der Waals surface area (Å²) in [6.45, 7) is 4.21. The minimum atomic E-state index is -4.47. The molecule has 6 rings (SSSR count). The van der Waals surface area contributed by atoms with Gasteiger partial charge in [0, 0.05) is 47.6 Å². The van der Waals surface area contributed by atoms with Gasteiger partial charge in [0.25, 0.3) is 0 Å². The number of hydrogen-bond acceptors (Lipinski definition) is 8. The average molecular weight is 601 g/mol. The van der Waals surface area contributed by atoms with Crippen molar-refractivity contribution in [2.24, 2.45) is 5.41 Å². The number of aromatic nitrogens is 5. The number of carbonyl (C=O) groups excluding carboxylic acids is 1. The molecule has 0 atom stereocenters. The molecule has 0 radical (unpaired) electrons. The highest BCUT2D eigenvalue weighted by Crippen LogP contribution is 2.59. The van der Waals surface area contributed by atoms with Crippen molar-refractivity contribution < 1.29 is 36.4 Å². The Morgan fingerprint density at radius 3 is 2.47 bits per heavy atom. The van der Waals surface area contributed by atoms with Gasteiger partial charge < -0.3 is 19.3 Å². The lowest BCUT2D eigenvalue weighted by atomic mass is 9.89. The summed E-state index contributed by atoms with van der Waals surface area (Å²) in [5, 5.41) is 10.4. The Bertz CT molecular complexity index is 1640. The Morgan fingerprint density at radius 2 is 1.86 bits per heavy atom. The topological polar surface area (TPSA) is 117 Å². The molecule has 2 fully saturated rings. The van der Waals surface area contributed by atoms with Crippen LogP contribution in [-0.2, 0) is 34.3 Å². The number of nitrogens with zero attached hydrogens (tertiary/aromatic N) is 5. The molecule has 1 aromatic carbocycles. The Balaban J connectivity index is 1.07. The zero-order valence-corrected chi connectivity index (χ0v) is 23.4. The fourth-order valence-corrected chi connectivity index (χ4v) is 5.10. The largest absolute Gasteiger partial charge is 0.480 e. The van der Waals surface area contributed by atoms with Crippen molar-refractivity contribution in [2.75, 3.05) is 25.6 Å². The van der Waals surface area contributed by atoms with Gasteiger partial charge in [0.15, 0.2) is 11.6 Å². The smallest absolute Gasteiger partial charge is 0.401 e. The zero-order chi connectivity index (χ0) is 30.4. The van der Waals surface area contributed by atoms with E-state index in [1.165, 1.54) is 12.1 Å². The molecular formula is C29H28F4N6O4. The molecule has 1 saturated carbocycles. The maximum Gasteiger partial charge on any atom is 0.401 e. The second-order valence-corrected chi connectivity index (χ2v) is 11.4. The van der Waals surface area contributed by atoms with Crippen molar-refractivity contribution in [2.45, 2.75) is 50.7 Å². The molecule has 1 saturated heterocycles. The van der Waals surface area contributed by atoms with E-state index in [4.69, 9.17) is 14.0 Å². The third kappa shape index (κ3) is 5.83. The van der Waals surface area contributed by atoms with Crippen molar-refractivity contribution >= 4 is 11.7 Å². The standard InChI is InChI=1S/C29H28F4N6O4/c1-27(15-42-16-27)14-39-13-19(26(37-39)41-2)8-23-34-11-20(12-35-23)17-3-4-18(21(30)7-17)9-25(40)36-24-10-22(43-38-24)28(5-6-28)29(31,32)33/h3-4,7,10-13H,5-6,8-9,14-16H2,1-2H3,(H,36,38,40). The summed E-state index contributed by atoms with van der Waals surface area (Å²) < 4.78 is 72.3. The van der Waals surface area contributed by atoms with Crippen LogP contribution in [0.15, 0.2) is 47.4 Å². The normalized spacial score (nSPS) is 16.9. The number of nitrogens with one attached hydrogen (secondary N) is 1. The van der Waals surface area contributed by atoms with Crippen LogP contribution in [0.2, 0.25) is 0 Å². The monoisotopic (exact) mass is 600 g/mol. The molecule has 14 heteroatoms. The molecule has 4 aromatic rings. The number of amides is 1. The van der Waals surface area contributed by atoms with Crippen molar-refractivity contribution in [1.82, 2.24) is 24.9 Å². The molecule has 0 spiro atoms. The number of anilines is 1. The van der Waals surface area contributed by atoms with Gasteiger partial charge in [-0.3, -0.25) is 9.48 Å². The Morgan fingerprint density at radius 1 is 1.12 bits per heavy atom. The molecule has 0 bridgehead atoms. The Kier molecular flexibility index (Phi) is 7.19. The third-order valence-corrected chi connectivity index (χ3v) is 7.77.